The Kier molecular flexibility index (Phi) is 3.64. The van der Waals surface area contributed by atoms with Gasteiger partial charge in [0.15, 0.2) is 0 Å². The van der Waals surface area contributed by atoms with Crippen molar-refractivity contribution in [2.24, 2.45) is 0 Å². The number of rotatable bonds is 4. The summed E-state index contributed by atoms with van der Waals surface area (Å²) in [4.78, 5) is 0. The van der Waals surface area contributed by atoms with Crippen LogP contribution in [0, 0.1) is 13.8 Å². The van der Waals surface area contributed by atoms with E-state index in [1.165, 1.54) is 16.7 Å². The maximum atomic E-state index is 5.47. The smallest absolute Gasteiger partial charge is 0.121 e. The van der Waals surface area contributed by atoms with Gasteiger partial charge in [0.05, 0.1) is 12.3 Å². The fraction of sp³-hybridized carbons (Fsp3) is 0.333. The zero-order valence-corrected chi connectivity index (χ0v) is 10.7. The van der Waals surface area contributed by atoms with Crippen LogP contribution in [-0.2, 0) is 6.42 Å². The number of hydrogen-bond acceptors (Lipinski definition) is 2. The summed E-state index contributed by atoms with van der Waals surface area (Å²) in [6, 6.07) is 10.8. The minimum atomic E-state index is 0.241. The van der Waals surface area contributed by atoms with Crippen LogP contribution >= 0.6 is 0 Å². The lowest BCUT2D eigenvalue weighted by molar-refractivity contribution is 0.429. The molecule has 0 saturated heterocycles. The lowest BCUT2D eigenvalue weighted by Gasteiger charge is -2.15. The van der Waals surface area contributed by atoms with E-state index in [1.54, 1.807) is 6.26 Å². The molecule has 0 bridgehead atoms. The van der Waals surface area contributed by atoms with Crippen molar-refractivity contribution in [3.63, 3.8) is 0 Å². The predicted molar refractivity (Wildman–Crippen MR) is 70.1 cm³/mol. The van der Waals surface area contributed by atoms with Crippen LogP contribution in [-0.4, -0.2) is 7.05 Å². The Hall–Kier alpha value is -1.54. The third kappa shape index (κ3) is 2.77. The molecule has 0 aliphatic carbocycles. The standard InChI is InChI=1S/C15H19NO/c1-11-6-7-12(2)13(9-11)10-14(16-3)15-5-4-8-17-15/h4-9,14,16H,10H2,1-3H3. The summed E-state index contributed by atoms with van der Waals surface area (Å²) < 4.78 is 5.47. The van der Waals surface area contributed by atoms with Gasteiger partial charge in [-0.2, -0.15) is 0 Å². The summed E-state index contributed by atoms with van der Waals surface area (Å²) in [5.74, 6) is 0.994. The average Bonchev–Trinajstić information content (AvgIpc) is 2.84. The summed E-state index contributed by atoms with van der Waals surface area (Å²) in [5, 5.41) is 3.31. The Labute approximate surface area is 103 Å². The molecule has 0 spiro atoms. The van der Waals surface area contributed by atoms with Gasteiger partial charge in [-0.3, -0.25) is 0 Å². The van der Waals surface area contributed by atoms with Crippen molar-refractivity contribution in [1.29, 1.82) is 0 Å². The van der Waals surface area contributed by atoms with Gasteiger partial charge in [-0.15, -0.1) is 0 Å². The quantitative estimate of drug-likeness (QED) is 0.869. The van der Waals surface area contributed by atoms with Gasteiger partial charge >= 0.3 is 0 Å². The summed E-state index contributed by atoms with van der Waals surface area (Å²) in [5.41, 5.74) is 4.02. The van der Waals surface area contributed by atoms with Crippen molar-refractivity contribution in [2.45, 2.75) is 26.3 Å². The number of aryl methyl sites for hydroxylation is 2. The zero-order valence-electron chi connectivity index (χ0n) is 10.7. The van der Waals surface area contributed by atoms with E-state index < -0.39 is 0 Å². The third-order valence-corrected chi connectivity index (χ3v) is 3.16. The molecule has 1 heterocycles. The van der Waals surface area contributed by atoms with E-state index >= 15 is 0 Å². The van der Waals surface area contributed by atoms with E-state index in [-0.39, 0.29) is 6.04 Å². The lowest BCUT2D eigenvalue weighted by Crippen LogP contribution is -2.18. The molecule has 17 heavy (non-hydrogen) atoms. The molecule has 2 nitrogen and oxygen atoms in total. The van der Waals surface area contributed by atoms with Crippen LogP contribution in [0.15, 0.2) is 41.0 Å². The molecule has 0 amide bonds. The van der Waals surface area contributed by atoms with Gasteiger partial charge in [-0.25, -0.2) is 0 Å². The number of furan rings is 1. The Morgan fingerprint density at radius 3 is 2.71 bits per heavy atom. The molecule has 0 aliphatic rings. The predicted octanol–water partition coefficient (Wildman–Crippen LogP) is 3.40. The Bertz CT molecular complexity index is 474. The van der Waals surface area contributed by atoms with Crippen LogP contribution in [0.2, 0.25) is 0 Å². The molecule has 90 valence electrons. The summed E-state index contributed by atoms with van der Waals surface area (Å²) in [6.45, 7) is 4.29. The summed E-state index contributed by atoms with van der Waals surface area (Å²) >= 11 is 0. The van der Waals surface area contributed by atoms with Gasteiger partial charge in [0, 0.05) is 0 Å². The molecule has 2 rings (SSSR count). The fourth-order valence-electron chi connectivity index (χ4n) is 2.07. The van der Waals surface area contributed by atoms with E-state index in [4.69, 9.17) is 4.42 Å². The first-order chi connectivity index (χ1) is 8.20. The highest BCUT2D eigenvalue weighted by Crippen LogP contribution is 2.21. The van der Waals surface area contributed by atoms with Crippen LogP contribution < -0.4 is 5.32 Å². The highest BCUT2D eigenvalue weighted by Gasteiger charge is 2.13. The van der Waals surface area contributed by atoms with Crippen LogP contribution in [0.3, 0.4) is 0 Å². The van der Waals surface area contributed by atoms with Crippen LogP contribution in [0.1, 0.15) is 28.5 Å². The van der Waals surface area contributed by atoms with Crippen molar-refractivity contribution in [3.8, 4) is 0 Å². The van der Waals surface area contributed by atoms with E-state index in [0.29, 0.717) is 0 Å². The molecule has 1 atom stereocenters. The number of likely N-dealkylation sites (N-methyl/N-ethyl adjacent to an activating group) is 1. The molecule has 2 heteroatoms. The molecule has 0 radical (unpaired) electrons. The number of hydrogen-bond donors (Lipinski definition) is 1. The van der Waals surface area contributed by atoms with E-state index in [9.17, 15) is 0 Å². The minimum absolute atomic E-state index is 0.241. The highest BCUT2D eigenvalue weighted by molar-refractivity contribution is 5.31. The first-order valence-electron chi connectivity index (χ1n) is 5.97. The first-order valence-corrected chi connectivity index (χ1v) is 5.97. The molecule has 0 aliphatic heterocycles. The molecule has 1 aromatic heterocycles. The van der Waals surface area contributed by atoms with E-state index in [0.717, 1.165) is 12.2 Å². The monoisotopic (exact) mass is 229 g/mol. The Morgan fingerprint density at radius 2 is 2.06 bits per heavy atom. The first kappa shape index (κ1) is 11.9. The molecule has 2 aromatic rings. The second kappa shape index (κ2) is 5.19. The van der Waals surface area contributed by atoms with Crippen LogP contribution in [0.25, 0.3) is 0 Å². The van der Waals surface area contributed by atoms with Gasteiger partial charge in [0.25, 0.3) is 0 Å². The largest absolute Gasteiger partial charge is 0.468 e. The van der Waals surface area contributed by atoms with Crippen molar-refractivity contribution in [2.75, 3.05) is 7.05 Å². The Morgan fingerprint density at radius 1 is 1.24 bits per heavy atom. The highest BCUT2D eigenvalue weighted by atomic mass is 16.3. The van der Waals surface area contributed by atoms with E-state index in [2.05, 4.69) is 37.4 Å². The van der Waals surface area contributed by atoms with Gasteiger partial charge in [0.2, 0.25) is 0 Å². The van der Waals surface area contributed by atoms with Gasteiger partial charge in [0.1, 0.15) is 5.76 Å². The van der Waals surface area contributed by atoms with Gasteiger partial charge in [-0.1, -0.05) is 23.8 Å². The molecule has 0 saturated carbocycles. The van der Waals surface area contributed by atoms with Crippen molar-refractivity contribution < 1.29 is 4.42 Å². The Balaban J connectivity index is 2.21. The number of benzene rings is 1. The van der Waals surface area contributed by atoms with Crippen molar-refractivity contribution >= 4 is 0 Å². The minimum Gasteiger partial charge on any atom is -0.468 e. The molecule has 1 aromatic carbocycles. The SMILES string of the molecule is CNC(Cc1cc(C)ccc1C)c1ccco1. The lowest BCUT2D eigenvalue weighted by atomic mass is 9.98. The van der Waals surface area contributed by atoms with E-state index in [1.807, 2.05) is 19.2 Å². The topological polar surface area (TPSA) is 25.2 Å². The molecular formula is C15H19NO. The van der Waals surface area contributed by atoms with Crippen molar-refractivity contribution in [1.82, 2.24) is 5.32 Å². The van der Waals surface area contributed by atoms with Crippen LogP contribution in [0.4, 0.5) is 0 Å². The second-order valence-corrected chi connectivity index (χ2v) is 4.49. The van der Waals surface area contributed by atoms with Crippen LogP contribution in [0.5, 0.6) is 0 Å². The van der Waals surface area contributed by atoms with Crippen molar-refractivity contribution in [3.05, 3.63) is 59.0 Å². The molecule has 1 N–H and O–H groups in total. The summed E-state index contributed by atoms with van der Waals surface area (Å²) in [6.07, 6.45) is 2.68. The van der Waals surface area contributed by atoms with Gasteiger partial charge < -0.3 is 9.73 Å². The molecule has 0 fully saturated rings. The fourth-order valence-corrected chi connectivity index (χ4v) is 2.07. The molecular weight excluding hydrogens is 210 g/mol. The molecule has 1 unspecified atom stereocenters. The number of nitrogens with one attached hydrogen (secondary N) is 1. The third-order valence-electron chi connectivity index (χ3n) is 3.16. The second-order valence-electron chi connectivity index (χ2n) is 4.49. The average molecular weight is 229 g/mol. The van der Waals surface area contributed by atoms with Gasteiger partial charge in [-0.05, 0) is 50.6 Å². The normalized spacial score (nSPS) is 12.6. The summed E-state index contributed by atoms with van der Waals surface area (Å²) in [7, 11) is 1.97. The maximum absolute atomic E-state index is 5.47. The maximum Gasteiger partial charge on any atom is 0.121 e. The zero-order chi connectivity index (χ0) is 12.3.